The maximum Gasteiger partial charge on any atom is 0.208 e. The quantitative estimate of drug-likeness (QED) is 0.430. The van der Waals surface area contributed by atoms with E-state index in [1.165, 1.54) is 0 Å². The zero-order chi connectivity index (χ0) is 18.5. The molecule has 0 aliphatic carbocycles. The number of aryl methyl sites for hydroxylation is 1. The highest BCUT2D eigenvalue weighted by atomic mass is 32.1. The van der Waals surface area contributed by atoms with Gasteiger partial charge in [0.1, 0.15) is 17.3 Å². The Morgan fingerprint density at radius 3 is 2.44 bits per heavy atom. The first-order chi connectivity index (χ1) is 13.3. The monoisotopic (exact) mass is 373 g/mol. The summed E-state index contributed by atoms with van der Waals surface area (Å²) < 4.78 is 6.20. The molecule has 0 saturated carbocycles. The van der Waals surface area contributed by atoms with Crippen molar-refractivity contribution in [2.24, 2.45) is 0 Å². The largest absolute Gasteiger partial charge is 0.444 e. The first kappa shape index (κ1) is 17.2. The number of hydrogen-bond donors (Lipinski definition) is 1. The predicted octanol–water partition coefficient (Wildman–Crippen LogP) is 6.30. The molecule has 0 saturated heterocycles. The highest BCUT2D eigenvalue weighted by Crippen LogP contribution is 2.38. The van der Waals surface area contributed by atoms with Crippen LogP contribution in [-0.4, -0.2) is 9.97 Å². The van der Waals surface area contributed by atoms with Gasteiger partial charge in [-0.3, -0.25) is 0 Å². The SMILES string of the molecule is CCc1nc(-c2ccccc2)c(Oc2ccnc(Nc3ccccc3)c2)s1. The number of para-hydroxylation sites is 1. The van der Waals surface area contributed by atoms with Gasteiger partial charge in [0.25, 0.3) is 0 Å². The second kappa shape index (κ2) is 8.01. The summed E-state index contributed by atoms with van der Waals surface area (Å²) in [5, 5.41) is 5.15. The van der Waals surface area contributed by atoms with E-state index in [-0.39, 0.29) is 0 Å². The van der Waals surface area contributed by atoms with Crippen molar-refractivity contribution in [2.75, 3.05) is 5.32 Å². The molecule has 2 heterocycles. The summed E-state index contributed by atoms with van der Waals surface area (Å²) in [6.07, 6.45) is 2.62. The van der Waals surface area contributed by atoms with Crippen molar-refractivity contribution >= 4 is 22.8 Å². The number of pyridine rings is 1. The van der Waals surface area contributed by atoms with Crippen LogP contribution >= 0.6 is 11.3 Å². The number of anilines is 2. The van der Waals surface area contributed by atoms with E-state index in [2.05, 4.69) is 29.4 Å². The molecule has 0 aliphatic rings. The molecule has 0 spiro atoms. The van der Waals surface area contributed by atoms with Crippen LogP contribution < -0.4 is 10.1 Å². The number of hydrogen-bond acceptors (Lipinski definition) is 5. The number of benzene rings is 2. The van der Waals surface area contributed by atoms with Crippen molar-refractivity contribution in [1.82, 2.24) is 9.97 Å². The number of thiazole rings is 1. The van der Waals surface area contributed by atoms with Gasteiger partial charge in [-0.1, -0.05) is 66.8 Å². The molecule has 0 unspecified atom stereocenters. The Labute approximate surface area is 162 Å². The molecule has 0 amide bonds. The Kier molecular flexibility index (Phi) is 5.12. The van der Waals surface area contributed by atoms with Crippen molar-refractivity contribution in [3.8, 4) is 22.1 Å². The molecule has 4 nitrogen and oxygen atoms in total. The lowest BCUT2D eigenvalue weighted by Gasteiger charge is -2.09. The average molecular weight is 373 g/mol. The first-order valence-electron chi connectivity index (χ1n) is 8.83. The maximum atomic E-state index is 6.20. The first-order valence-corrected chi connectivity index (χ1v) is 9.64. The van der Waals surface area contributed by atoms with Gasteiger partial charge in [-0.05, 0) is 24.6 Å². The maximum absolute atomic E-state index is 6.20. The van der Waals surface area contributed by atoms with Crippen molar-refractivity contribution in [1.29, 1.82) is 0 Å². The second-order valence-corrected chi connectivity index (χ2v) is 6.98. The van der Waals surface area contributed by atoms with E-state index < -0.39 is 0 Å². The van der Waals surface area contributed by atoms with Crippen LogP contribution in [0.25, 0.3) is 11.3 Å². The molecule has 0 radical (unpaired) electrons. The minimum atomic E-state index is 0.729. The number of rotatable bonds is 6. The number of nitrogens with zero attached hydrogens (tertiary/aromatic N) is 2. The van der Waals surface area contributed by atoms with Crippen LogP contribution in [0.2, 0.25) is 0 Å². The summed E-state index contributed by atoms with van der Waals surface area (Å²) in [7, 11) is 0. The number of ether oxygens (including phenoxy) is 1. The van der Waals surface area contributed by atoms with E-state index in [1.807, 2.05) is 60.7 Å². The summed E-state index contributed by atoms with van der Waals surface area (Å²) in [6.45, 7) is 2.10. The van der Waals surface area contributed by atoms with Crippen molar-refractivity contribution < 1.29 is 4.74 Å². The lowest BCUT2D eigenvalue weighted by Crippen LogP contribution is -1.93. The second-order valence-electron chi connectivity index (χ2n) is 5.93. The molecule has 27 heavy (non-hydrogen) atoms. The zero-order valence-electron chi connectivity index (χ0n) is 14.9. The zero-order valence-corrected chi connectivity index (χ0v) is 15.7. The fourth-order valence-corrected chi connectivity index (χ4v) is 3.56. The van der Waals surface area contributed by atoms with Crippen LogP contribution in [0, 0.1) is 0 Å². The van der Waals surface area contributed by atoms with Crippen LogP contribution in [0.15, 0.2) is 79.0 Å². The van der Waals surface area contributed by atoms with Crippen LogP contribution in [0.4, 0.5) is 11.5 Å². The van der Waals surface area contributed by atoms with Gasteiger partial charge in [-0.2, -0.15) is 0 Å². The molecule has 0 bridgehead atoms. The third-order valence-corrected chi connectivity index (χ3v) is 5.06. The fourth-order valence-electron chi connectivity index (χ4n) is 2.67. The van der Waals surface area contributed by atoms with E-state index in [4.69, 9.17) is 9.72 Å². The number of aromatic nitrogens is 2. The van der Waals surface area contributed by atoms with Crippen molar-refractivity contribution in [3.05, 3.63) is 84.0 Å². The Hall–Kier alpha value is -3.18. The highest BCUT2D eigenvalue weighted by Gasteiger charge is 2.15. The molecule has 5 heteroatoms. The van der Waals surface area contributed by atoms with Gasteiger partial charge in [-0.15, -0.1) is 0 Å². The topological polar surface area (TPSA) is 47.0 Å². The van der Waals surface area contributed by atoms with Gasteiger partial charge in [0.05, 0.1) is 5.01 Å². The molecule has 2 aromatic heterocycles. The lowest BCUT2D eigenvalue weighted by molar-refractivity contribution is 0.496. The van der Waals surface area contributed by atoms with E-state index in [0.29, 0.717) is 0 Å². The van der Waals surface area contributed by atoms with Crippen LogP contribution in [-0.2, 0) is 6.42 Å². The molecule has 2 aromatic carbocycles. The summed E-state index contributed by atoms with van der Waals surface area (Å²) in [6, 6.07) is 23.8. The fraction of sp³-hybridized carbons (Fsp3) is 0.0909. The van der Waals surface area contributed by atoms with Gasteiger partial charge >= 0.3 is 0 Å². The van der Waals surface area contributed by atoms with Gasteiger partial charge in [0.2, 0.25) is 5.06 Å². The molecule has 1 N–H and O–H groups in total. The molecule has 134 valence electrons. The molecular formula is C22H19N3OS. The number of nitrogens with one attached hydrogen (secondary N) is 1. The lowest BCUT2D eigenvalue weighted by atomic mass is 10.2. The Bertz CT molecular complexity index is 1020. The van der Waals surface area contributed by atoms with Gasteiger partial charge < -0.3 is 10.1 Å². The molecule has 0 aliphatic heterocycles. The molecule has 4 aromatic rings. The Morgan fingerprint density at radius 2 is 1.70 bits per heavy atom. The van der Waals surface area contributed by atoms with Crippen molar-refractivity contribution in [2.45, 2.75) is 13.3 Å². The van der Waals surface area contributed by atoms with Gasteiger partial charge in [0, 0.05) is 23.5 Å². The highest BCUT2D eigenvalue weighted by molar-refractivity contribution is 7.14. The van der Waals surface area contributed by atoms with Gasteiger partial charge in [0.15, 0.2) is 0 Å². The van der Waals surface area contributed by atoms with Crippen LogP contribution in [0.3, 0.4) is 0 Å². The molecular weight excluding hydrogens is 354 g/mol. The predicted molar refractivity (Wildman–Crippen MR) is 111 cm³/mol. The summed E-state index contributed by atoms with van der Waals surface area (Å²) in [4.78, 5) is 9.12. The Balaban J connectivity index is 1.61. The summed E-state index contributed by atoms with van der Waals surface area (Å²) in [5.41, 5.74) is 2.92. The van der Waals surface area contributed by atoms with E-state index in [9.17, 15) is 0 Å². The smallest absolute Gasteiger partial charge is 0.208 e. The minimum absolute atomic E-state index is 0.729. The normalized spacial score (nSPS) is 10.6. The molecule has 4 rings (SSSR count). The van der Waals surface area contributed by atoms with E-state index >= 15 is 0 Å². The third kappa shape index (κ3) is 4.15. The third-order valence-electron chi connectivity index (χ3n) is 3.98. The standard InChI is InChI=1S/C22H19N3OS/c1-2-20-25-21(16-9-5-3-6-10-16)22(27-20)26-18-13-14-23-19(15-18)24-17-11-7-4-8-12-17/h3-15H,2H2,1H3,(H,23,24). The van der Waals surface area contributed by atoms with Crippen LogP contribution in [0.1, 0.15) is 11.9 Å². The minimum Gasteiger partial charge on any atom is -0.444 e. The summed E-state index contributed by atoms with van der Waals surface area (Å²) >= 11 is 1.58. The molecule has 0 atom stereocenters. The van der Waals surface area contributed by atoms with Gasteiger partial charge in [-0.25, -0.2) is 9.97 Å². The summed E-state index contributed by atoms with van der Waals surface area (Å²) in [5.74, 6) is 1.46. The van der Waals surface area contributed by atoms with Crippen molar-refractivity contribution in [3.63, 3.8) is 0 Å². The van der Waals surface area contributed by atoms with Crippen LogP contribution in [0.5, 0.6) is 10.8 Å². The van der Waals surface area contributed by atoms with E-state index in [0.717, 1.165) is 45.0 Å². The average Bonchev–Trinajstić information content (AvgIpc) is 3.13. The van der Waals surface area contributed by atoms with E-state index in [1.54, 1.807) is 17.5 Å². The molecule has 0 fully saturated rings. The Morgan fingerprint density at radius 1 is 0.963 bits per heavy atom.